The second kappa shape index (κ2) is 9.64. The lowest BCUT2D eigenvalue weighted by atomic mass is 10.1. The van der Waals surface area contributed by atoms with Crippen molar-refractivity contribution in [1.29, 1.82) is 0 Å². The molecule has 1 amide bonds. The Bertz CT molecular complexity index is 1520. The Balaban J connectivity index is 1.53. The molecule has 3 aromatic carbocycles. The van der Waals surface area contributed by atoms with E-state index in [1.165, 1.54) is 11.8 Å². The fraction of sp³-hybridized carbons (Fsp3) is 0.143. The van der Waals surface area contributed by atoms with Gasteiger partial charge in [0, 0.05) is 33.7 Å². The van der Waals surface area contributed by atoms with Crippen LogP contribution in [0.4, 0.5) is 5.69 Å². The number of aliphatic imine (C=N–C) groups is 1. The number of amidine groups is 1. The molecular formula is C28H24ClN3O2S. The SMILES string of the molecule is COc1ccc(C)cc1N=C1NC(=O)/C(=C/c2c(C)n(Cc3ccccc3Cl)c3ccccc23)S1. The van der Waals surface area contributed by atoms with Crippen LogP contribution in [0.15, 0.2) is 76.6 Å². The number of carbonyl (C=O) groups excluding carboxylic acids is 1. The molecule has 1 aliphatic rings. The van der Waals surface area contributed by atoms with Gasteiger partial charge in [-0.1, -0.05) is 54.1 Å². The predicted octanol–water partition coefficient (Wildman–Crippen LogP) is 6.86. The molecular weight excluding hydrogens is 478 g/mol. The van der Waals surface area contributed by atoms with Crippen LogP contribution >= 0.6 is 23.4 Å². The van der Waals surface area contributed by atoms with Gasteiger partial charge in [0.2, 0.25) is 0 Å². The van der Waals surface area contributed by atoms with Crippen molar-refractivity contribution in [2.45, 2.75) is 20.4 Å². The number of nitrogens with zero attached hydrogens (tertiary/aromatic N) is 2. The summed E-state index contributed by atoms with van der Waals surface area (Å²) in [7, 11) is 1.61. The number of rotatable bonds is 5. The van der Waals surface area contributed by atoms with E-state index in [1.54, 1.807) is 7.11 Å². The summed E-state index contributed by atoms with van der Waals surface area (Å²) in [5.74, 6) is 0.497. The molecule has 1 N–H and O–H groups in total. The second-order valence-corrected chi connectivity index (χ2v) is 9.79. The number of hydrogen-bond acceptors (Lipinski definition) is 4. The standard InChI is InChI=1S/C28H24ClN3O2S/c1-17-12-13-25(34-3)23(14-17)30-28-31-27(33)26(35-28)15-21-18(2)32(24-11-7-5-9-20(21)24)16-19-8-4-6-10-22(19)29/h4-15H,16H2,1-3H3,(H,30,31,33)/b26-15-. The Kier molecular flexibility index (Phi) is 6.41. The summed E-state index contributed by atoms with van der Waals surface area (Å²) >= 11 is 7.78. The molecule has 5 rings (SSSR count). The number of hydrogen-bond donors (Lipinski definition) is 1. The topological polar surface area (TPSA) is 55.6 Å². The summed E-state index contributed by atoms with van der Waals surface area (Å²) < 4.78 is 7.67. The Labute approximate surface area is 213 Å². The Hall–Kier alpha value is -3.48. The fourth-order valence-corrected chi connectivity index (χ4v) is 5.26. The first-order valence-corrected chi connectivity index (χ1v) is 12.4. The molecule has 1 saturated heterocycles. The molecule has 0 bridgehead atoms. The number of aryl methyl sites for hydroxylation is 1. The van der Waals surface area contributed by atoms with Crippen LogP contribution in [0.25, 0.3) is 17.0 Å². The molecule has 176 valence electrons. The number of nitrogens with one attached hydrogen (secondary N) is 1. The zero-order valence-corrected chi connectivity index (χ0v) is 21.2. The van der Waals surface area contributed by atoms with Gasteiger partial charge in [-0.3, -0.25) is 4.79 Å². The maximum absolute atomic E-state index is 12.9. The number of benzene rings is 3. The van der Waals surface area contributed by atoms with Crippen molar-refractivity contribution in [2.75, 3.05) is 7.11 Å². The normalized spacial score (nSPS) is 15.8. The molecule has 5 nitrogen and oxygen atoms in total. The van der Waals surface area contributed by atoms with Gasteiger partial charge in [-0.05, 0) is 67.1 Å². The second-order valence-electron chi connectivity index (χ2n) is 8.35. The third-order valence-corrected chi connectivity index (χ3v) is 7.33. The number of aromatic nitrogens is 1. The number of carbonyl (C=O) groups is 1. The van der Waals surface area contributed by atoms with Gasteiger partial charge < -0.3 is 14.6 Å². The van der Waals surface area contributed by atoms with E-state index >= 15 is 0 Å². The number of para-hydroxylation sites is 1. The van der Waals surface area contributed by atoms with Crippen molar-refractivity contribution < 1.29 is 9.53 Å². The lowest BCUT2D eigenvalue weighted by Gasteiger charge is -2.10. The minimum absolute atomic E-state index is 0.164. The largest absolute Gasteiger partial charge is 0.494 e. The van der Waals surface area contributed by atoms with E-state index in [2.05, 4.69) is 33.9 Å². The number of ether oxygens (including phenoxy) is 1. The van der Waals surface area contributed by atoms with Crippen LogP contribution in [0, 0.1) is 13.8 Å². The maximum Gasteiger partial charge on any atom is 0.264 e. The van der Waals surface area contributed by atoms with Gasteiger partial charge in [0.05, 0.1) is 12.0 Å². The highest BCUT2D eigenvalue weighted by molar-refractivity contribution is 8.18. The molecule has 0 spiro atoms. The van der Waals surface area contributed by atoms with Crippen LogP contribution in [0.5, 0.6) is 5.75 Å². The van der Waals surface area contributed by atoms with E-state index in [9.17, 15) is 4.79 Å². The lowest BCUT2D eigenvalue weighted by molar-refractivity contribution is -0.115. The van der Waals surface area contributed by atoms with Crippen molar-refractivity contribution in [3.8, 4) is 5.75 Å². The van der Waals surface area contributed by atoms with E-state index in [-0.39, 0.29) is 5.91 Å². The van der Waals surface area contributed by atoms with Gasteiger partial charge >= 0.3 is 0 Å². The highest BCUT2D eigenvalue weighted by atomic mass is 35.5. The zero-order valence-electron chi connectivity index (χ0n) is 19.6. The minimum atomic E-state index is -0.164. The van der Waals surface area contributed by atoms with Crippen LogP contribution in [0.1, 0.15) is 22.4 Å². The van der Waals surface area contributed by atoms with Crippen LogP contribution in [-0.2, 0) is 11.3 Å². The molecule has 0 atom stereocenters. The van der Waals surface area contributed by atoms with Crippen LogP contribution in [-0.4, -0.2) is 22.8 Å². The summed E-state index contributed by atoms with van der Waals surface area (Å²) in [6, 6.07) is 21.9. The fourth-order valence-electron chi connectivity index (χ4n) is 4.25. The molecule has 1 aliphatic heterocycles. The van der Waals surface area contributed by atoms with Crippen molar-refractivity contribution in [1.82, 2.24) is 9.88 Å². The zero-order chi connectivity index (χ0) is 24.5. The van der Waals surface area contributed by atoms with Gasteiger partial charge in [-0.2, -0.15) is 0 Å². The Morgan fingerprint density at radius 3 is 2.66 bits per heavy atom. The van der Waals surface area contributed by atoms with Gasteiger partial charge in [0.15, 0.2) is 5.17 Å². The third-order valence-electron chi connectivity index (χ3n) is 6.05. The quantitative estimate of drug-likeness (QED) is 0.304. The first-order chi connectivity index (χ1) is 16.9. The molecule has 2 heterocycles. The molecule has 0 unspecified atom stereocenters. The summed E-state index contributed by atoms with van der Waals surface area (Å²) in [5.41, 5.74) is 5.98. The highest BCUT2D eigenvalue weighted by Gasteiger charge is 2.25. The number of halogens is 1. The van der Waals surface area contributed by atoms with E-state index in [0.717, 1.165) is 38.3 Å². The first-order valence-electron chi connectivity index (χ1n) is 11.2. The lowest BCUT2D eigenvalue weighted by Crippen LogP contribution is -2.19. The predicted molar refractivity (Wildman–Crippen MR) is 146 cm³/mol. The summed E-state index contributed by atoms with van der Waals surface area (Å²) in [4.78, 5) is 18.1. The maximum atomic E-state index is 12.9. The molecule has 7 heteroatoms. The van der Waals surface area contributed by atoms with E-state index < -0.39 is 0 Å². The molecule has 0 saturated carbocycles. The Morgan fingerprint density at radius 1 is 1.09 bits per heavy atom. The monoisotopic (exact) mass is 501 g/mol. The molecule has 1 fully saturated rings. The van der Waals surface area contributed by atoms with Crippen molar-refractivity contribution in [2.24, 2.45) is 4.99 Å². The summed E-state index contributed by atoms with van der Waals surface area (Å²) in [5, 5.41) is 5.25. The van der Waals surface area contributed by atoms with Crippen LogP contribution in [0.2, 0.25) is 5.02 Å². The number of methoxy groups -OCH3 is 1. The van der Waals surface area contributed by atoms with Gasteiger partial charge in [0.1, 0.15) is 11.4 Å². The van der Waals surface area contributed by atoms with E-state index in [0.29, 0.717) is 28.1 Å². The number of amides is 1. The average molecular weight is 502 g/mol. The molecule has 0 radical (unpaired) electrons. The minimum Gasteiger partial charge on any atom is -0.494 e. The smallest absolute Gasteiger partial charge is 0.264 e. The number of thioether (sulfide) groups is 1. The van der Waals surface area contributed by atoms with Gasteiger partial charge in [0.25, 0.3) is 5.91 Å². The first kappa shape index (κ1) is 23.3. The Morgan fingerprint density at radius 2 is 1.86 bits per heavy atom. The third kappa shape index (κ3) is 4.59. The van der Waals surface area contributed by atoms with E-state index in [4.69, 9.17) is 16.3 Å². The molecule has 0 aliphatic carbocycles. The van der Waals surface area contributed by atoms with Crippen LogP contribution < -0.4 is 10.1 Å². The summed E-state index contributed by atoms with van der Waals surface area (Å²) in [6.07, 6.45) is 1.96. The van der Waals surface area contributed by atoms with Crippen LogP contribution in [0.3, 0.4) is 0 Å². The molecule has 1 aromatic heterocycles. The van der Waals surface area contributed by atoms with Crippen molar-refractivity contribution in [3.05, 3.63) is 99.0 Å². The van der Waals surface area contributed by atoms with Crippen molar-refractivity contribution >= 4 is 57.1 Å². The number of fused-ring (bicyclic) bond motifs is 1. The molecule has 4 aromatic rings. The van der Waals surface area contributed by atoms with Gasteiger partial charge in [-0.15, -0.1) is 0 Å². The van der Waals surface area contributed by atoms with E-state index in [1.807, 2.05) is 67.6 Å². The highest BCUT2D eigenvalue weighted by Crippen LogP contribution is 2.35. The summed E-state index contributed by atoms with van der Waals surface area (Å²) in [6.45, 7) is 4.72. The molecule has 35 heavy (non-hydrogen) atoms. The van der Waals surface area contributed by atoms with Crippen molar-refractivity contribution in [3.63, 3.8) is 0 Å². The van der Waals surface area contributed by atoms with Gasteiger partial charge in [-0.25, -0.2) is 4.99 Å². The average Bonchev–Trinajstić information content (AvgIpc) is 3.32.